The van der Waals surface area contributed by atoms with Gasteiger partial charge >= 0.3 is 5.97 Å². The highest BCUT2D eigenvalue weighted by atomic mass is 16.5. The van der Waals surface area contributed by atoms with E-state index in [1.165, 1.54) is 18.4 Å². The Hall–Kier alpha value is -1.85. The van der Waals surface area contributed by atoms with Gasteiger partial charge in [-0.25, -0.2) is 0 Å². The number of benzene rings is 1. The van der Waals surface area contributed by atoms with Gasteiger partial charge in [0.2, 0.25) is 0 Å². The van der Waals surface area contributed by atoms with Crippen molar-refractivity contribution in [3.05, 3.63) is 46.7 Å². The summed E-state index contributed by atoms with van der Waals surface area (Å²) in [5, 5.41) is 13.8. The molecule has 4 aliphatic rings. The molecule has 1 saturated carbocycles. The number of esters is 1. The lowest BCUT2D eigenvalue weighted by Gasteiger charge is -2.68. The zero-order valence-corrected chi connectivity index (χ0v) is 15.6. The topological polar surface area (TPSA) is 52.6 Å². The molecule has 0 aromatic heterocycles. The maximum absolute atomic E-state index is 13.8. The SMILES string of the molecule is C/C=C1/C[N+]2([O-])CC[C@@]34c5ccccc5N(C)[C@H]3[C@@H]2C[C@@H]1[C@H]4C(=O)OC. The molecule has 0 N–H and O–H groups in total. The van der Waals surface area contributed by atoms with Crippen LogP contribution >= 0.6 is 0 Å². The van der Waals surface area contributed by atoms with E-state index in [0.717, 1.165) is 18.4 Å². The summed E-state index contributed by atoms with van der Waals surface area (Å²) in [5.41, 5.74) is 3.25. The van der Waals surface area contributed by atoms with E-state index < -0.39 is 0 Å². The third-order valence-corrected chi connectivity index (χ3v) is 7.81. The Morgan fingerprint density at radius 3 is 2.92 bits per heavy atom. The number of carbonyl (C=O) groups is 1. The van der Waals surface area contributed by atoms with Gasteiger partial charge in [0.25, 0.3) is 0 Å². The van der Waals surface area contributed by atoms with Crippen molar-refractivity contribution in [2.45, 2.75) is 37.3 Å². The number of allylic oxidation sites excluding steroid dienone is 1. The lowest BCUT2D eigenvalue weighted by atomic mass is 9.50. The Morgan fingerprint density at radius 2 is 2.19 bits per heavy atom. The largest absolute Gasteiger partial charge is 0.632 e. The first-order valence-electron chi connectivity index (χ1n) is 9.61. The van der Waals surface area contributed by atoms with Gasteiger partial charge < -0.3 is 19.5 Å². The van der Waals surface area contributed by atoms with E-state index in [2.05, 4.69) is 36.2 Å². The summed E-state index contributed by atoms with van der Waals surface area (Å²) < 4.78 is 5.20. The minimum atomic E-state index is -0.313. The molecular weight excluding hydrogens is 328 g/mol. The Kier molecular flexibility index (Phi) is 3.21. The van der Waals surface area contributed by atoms with E-state index >= 15 is 0 Å². The number of hydrogen-bond donors (Lipinski definition) is 0. The van der Waals surface area contributed by atoms with Gasteiger partial charge in [0.1, 0.15) is 12.6 Å². The number of fused-ring (bicyclic) bond motifs is 2. The Bertz CT molecular complexity index is 821. The zero-order chi connectivity index (χ0) is 18.3. The highest BCUT2D eigenvalue weighted by Crippen LogP contribution is 2.64. The molecule has 26 heavy (non-hydrogen) atoms. The van der Waals surface area contributed by atoms with E-state index in [4.69, 9.17) is 4.74 Å². The van der Waals surface area contributed by atoms with Crippen LogP contribution < -0.4 is 4.90 Å². The Labute approximate surface area is 154 Å². The van der Waals surface area contributed by atoms with Crippen molar-refractivity contribution in [3.8, 4) is 0 Å². The van der Waals surface area contributed by atoms with Crippen molar-refractivity contribution in [1.82, 2.24) is 0 Å². The number of carbonyl (C=O) groups excluding carboxylic acids is 1. The van der Waals surface area contributed by atoms with E-state index in [9.17, 15) is 10.0 Å². The van der Waals surface area contributed by atoms with Crippen molar-refractivity contribution in [2.75, 3.05) is 32.1 Å². The summed E-state index contributed by atoms with van der Waals surface area (Å²) in [6.45, 7) is 3.11. The number of hydrogen-bond acceptors (Lipinski definition) is 4. The molecule has 1 unspecified atom stereocenters. The van der Waals surface area contributed by atoms with E-state index in [1.807, 2.05) is 13.0 Å². The minimum Gasteiger partial charge on any atom is -0.632 e. The molecule has 1 aromatic carbocycles. The van der Waals surface area contributed by atoms with Crippen LogP contribution in [0.25, 0.3) is 0 Å². The molecule has 3 aliphatic heterocycles. The summed E-state index contributed by atoms with van der Waals surface area (Å²) >= 11 is 0. The van der Waals surface area contributed by atoms with E-state index in [-0.39, 0.29) is 40.0 Å². The van der Waals surface area contributed by atoms with Crippen LogP contribution in [-0.2, 0) is 14.9 Å². The standard InChI is InChI=1S/C21H26N2O3/c1-4-13-12-23(25)10-9-21-15-7-5-6-8-16(15)22(2)19(21)17(23)11-14(13)18(21)20(24)26-3/h4-8,14,17-19H,9-12H2,1-3H3/b13-4-/t14-,17-,18-,19-,21-,23?/m0/s1. The number of rotatable bonds is 1. The molecule has 0 spiro atoms. The van der Waals surface area contributed by atoms with E-state index in [1.54, 1.807) is 0 Å². The number of nitrogens with zero attached hydrogens (tertiary/aromatic N) is 2. The average molecular weight is 354 g/mol. The number of quaternary nitrogens is 1. The van der Waals surface area contributed by atoms with Crippen LogP contribution in [0.5, 0.6) is 0 Å². The van der Waals surface area contributed by atoms with Gasteiger partial charge in [0.15, 0.2) is 0 Å². The lowest BCUT2D eigenvalue weighted by molar-refractivity contribution is -0.916. The summed E-state index contributed by atoms with van der Waals surface area (Å²) in [6, 6.07) is 8.51. The van der Waals surface area contributed by atoms with Crippen LogP contribution in [0.15, 0.2) is 35.9 Å². The number of hydroxylamine groups is 3. The van der Waals surface area contributed by atoms with Crippen LogP contribution in [0.4, 0.5) is 5.69 Å². The number of ether oxygens (including phenoxy) is 1. The maximum atomic E-state index is 13.8. The first-order chi connectivity index (χ1) is 12.5. The molecule has 1 aromatic rings. The van der Waals surface area contributed by atoms with Crippen LogP contribution in [0, 0.1) is 17.0 Å². The predicted molar refractivity (Wildman–Crippen MR) is 99.4 cm³/mol. The normalized spacial score (nSPS) is 44.0. The van der Waals surface area contributed by atoms with Crippen molar-refractivity contribution in [1.29, 1.82) is 0 Å². The quantitative estimate of drug-likeness (QED) is 0.337. The number of methoxy groups -OCH3 is 1. The van der Waals surface area contributed by atoms with Crippen molar-refractivity contribution < 1.29 is 14.2 Å². The molecule has 5 nitrogen and oxygen atoms in total. The molecule has 2 saturated heterocycles. The van der Waals surface area contributed by atoms with Crippen molar-refractivity contribution in [2.24, 2.45) is 11.8 Å². The monoisotopic (exact) mass is 354 g/mol. The van der Waals surface area contributed by atoms with Gasteiger partial charge in [0, 0.05) is 36.9 Å². The van der Waals surface area contributed by atoms with Gasteiger partial charge in [0.05, 0.1) is 25.6 Å². The predicted octanol–water partition coefficient (Wildman–Crippen LogP) is 2.60. The number of piperidine rings is 2. The molecule has 138 valence electrons. The van der Waals surface area contributed by atoms with Crippen LogP contribution in [0.3, 0.4) is 0 Å². The number of anilines is 1. The highest BCUT2D eigenvalue weighted by Gasteiger charge is 2.71. The molecular formula is C21H26N2O3. The third-order valence-electron chi connectivity index (χ3n) is 7.81. The number of likely N-dealkylation sites (N-methyl/N-ethyl adjacent to an activating group) is 1. The molecule has 1 aliphatic carbocycles. The maximum Gasteiger partial charge on any atom is 0.310 e. The summed E-state index contributed by atoms with van der Waals surface area (Å²) in [5.74, 6) is -0.204. The van der Waals surface area contributed by atoms with Gasteiger partial charge in [-0.1, -0.05) is 24.3 Å². The van der Waals surface area contributed by atoms with Gasteiger partial charge in [-0.05, 0) is 24.1 Å². The highest BCUT2D eigenvalue weighted by molar-refractivity contribution is 5.80. The smallest absolute Gasteiger partial charge is 0.310 e. The molecule has 3 bridgehead atoms. The fourth-order valence-corrected chi connectivity index (χ4v) is 6.89. The van der Waals surface area contributed by atoms with Gasteiger partial charge in [-0.3, -0.25) is 4.79 Å². The van der Waals surface area contributed by atoms with Crippen LogP contribution in [0.1, 0.15) is 25.3 Å². The third kappa shape index (κ3) is 1.66. The second-order valence-corrected chi connectivity index (χ2v) is 8.47. The average Bonchev–Trinajstić information content (AvgIpc) is 2.92. The second kappa shape index (κ2) is 5.11. The minimum absolute atomic E-state index is 0.0238. The Morgan fingerprint density at radius 1 is 1.42 bits per heavy atom. The zero-order valence-electron chi connectivity index (χ0n) is 15.6. The molecule has 3 heterocycles. The molecule has 0 radical (unpaired) electrons. The lowest BCUT2D eigenvalue weighted by Crippen LogP contribution is -2.77. The van der Waals surface area contributed by atoms with Crippen molar-refractivity contribution in [3.63, 3.8) is 0 Å². The molecule has 5 heteroatoms. The molecule has 5 rings (SSSR count). The Balaban J connectivity index is 1.80. The van der Waals surface area contributed by atoms with E-state index in [0.29, 0.717) is 13.1 Å². The number of para-hydroxylation sites is 1. The van der Waals surface area contributed by atoms with Crippen LogP contribution in [-0.4, -0.2) is 49.9 Å². The first-order valence-corrected chi connectivity index (χ1v) is 9.61. The summed E-state index contributed by atoms with van der Waals surface area (Å²) in [6.07, 6.45) is 3.62. The second-order valence-electron chi connectivity index (χ2n) is 8.47. The van der Waals surface area contributed by atoms with Crippen LogP contribution in [0.2, 0.25) is 0 Å². The fraction of sp³-hybridized carbons (Fsp3) is 0.571. The first kappa shape index (κ1) is 16.3. The molecule has 0 amide bonds. The van der Waals surface area contributed by atoms with Gasteiger partial charge in [-0.2, -0.15) is 0 Å². The molecule has 6 atom stereocenters. The van der Waals surface area contributed by atoms with Crippen molar-refractivity contribution >= 4 is 11.7 Å². The molecule has 3 fully saturated rings. The summed E-state index contributed by atoms with van der Waals surface area (Å²) in [7, 11) is 3.60. The van der Waals surface area contributed by atoms with Gasteiger partial charge in [-0.15, -0.1) is 0 Å². The fourth-order valence-electron chi connectivity index (χ4n) is 6.89. The summed E-state index contributed by atoms with van der Waals surface area (Å²) in [4.78, 5) is 15.4.